The van der Waals surface area contributed by atoms with Gasteiger partial charge in [-0.25, -0.2) is 0 Å². The van der Waals surface area contributed by atoms with Crippen LogP contribution < -0.4 is 15.0 Å². The van der Waals surface area contributed by atoms with Crippen LogP contribution in [0.15, 0.2) is 48.5 Å². The Hall–Kier alpha value is -2.86. The molecule has 1 saturated carbocycles. The highest BCUT2D eigenvalue weighted by Crippen LogP contribution is 2.41. The number of likely N-dealkylation sites (N-methyl/N-ethyl adjacent to an activating group) is 1. The Morgan fingerprint density at radius 3 is 2.41 bits per heavy atom. The number of hydrogen-bond acceptors (Lipinski definition) is 5. The van der Waals surface area contributed by atoms with Crippen molar-refractivity contribution in [1.29, 1.82) is 0 Å². The van der Waals surface area contributed by atoms with E-state index >= 15 is 0 Å². The number of nitrogens with one attached hydrogen (secondary N) is 1. The SMILES string of the molecule is CN1CCN(c2ccc(C(=O)NC3CCC4(CC3)CC(=O)c3ccccc3O4)cc2)CC1. The maximum absolute atomic E-state index is 12.8. The molecule has 1 amide bonds. The standard InChI is InChI=1S/C26H31N3O3/c1-28-14-16-29(17-15-28)21-8-6-19(7-9-21)25(31)27-20-10-12-26(13-11-20)18-23(30)22-4-2-3-5-24(22)32-26/h2-9,20H,10-18H2,1H3,(H,27,31). The second kappa shape index (κ2) is 8.58. The van der Waals surface area contributed by atoms with Gasteiger partial charge in [0, 0.05) is 43.5 Å². The third kappa shape index (κ3) is 4.24. The van der Waals surface area contributed by atoms with Crippen LogP contribution in [-0.2, 0) is 0 Å². The second-order valence-electron chi connectivity index (χ2n) is 9.47. The van der Waals surface area contributed by atoms with Crippen LogP contribution in [0, 0.1) is 0 Å². The number of carbonyl (C=O) groups is 2. The van der Waals surface area contributed by atoms with Crippen molar-refractivity contribution in [2.24, 2.45) is 0 Å². The zero-order valence-electron chi connectivity index (χ0n) is 18.7. The summed E-state index contributed by atoms with van der Waals surface area (Å²) in [6, 6.07) is 15.6. The molecule has 32 heavy (non-hydrogen) atoms. The summed E-state index contributed by atoms with van der Waals surface area (Å²) in [7, 11) is 2.15. The van der Waals surface area contributed by atoms with E-state index in [1.807, 2.05) is 36.4 Å². The lowest BCUT2D eigenvalue weighted by Crippen LogP contribution is -2.49. The molecule has 1 aliphatic carbocycles. The smallest absolute Gasteiger partial charge is 0.251 e. The minimum absolute atomic E-state index is 0.0261. The van der Waals surface area contributed by atoms with Gasteiger partial charge in [0.1, 0.15) is 11.4 Å². The first-order chi connectivity index (χ1) is 15.5. The van der Waals surface area contributed by atoms with Gasteiger partial charge in [-0.15, -0.1) is 0 Å². The van der Waals surface area contributed by atoms with Crippen molar-refractivity contribution in [2.75, 3.05) is 38.1 Å². The predicted molar refractivity (Wildman–Crippen MR) is 125 cm³/mol. The second-order valence-corrected chi connectivity index (χ2v) is 9.47. The molecule has 0 atom stereocenters. The van der Waals surface area contributed by atoms with Crippen molar-refractivity contribution < 1.29 is 14.3 Å². The predicted octanol–water partition coefficient (Wildman–Crippen LogP) is 3.52. The number of anilines is 1. The molecule has 2 aromatic rings. The third-order valence-electron chi connectivity index (χ3n) is 7.23. The van der Waals surface area contributed by atoms with E-state index in [1.165, 1.54) is 5.69 Å². The molecule has 0 radical (unpaired) electrons. The first kappa shape index (κ1) is 21.0. The molecule has 1 N–H and O–H groups in total. The first-order valence-corrected chi connectivity index (χ1v) is 11.7. The molecule has 3 aliphatic rings. The summed E-state index contributed by atoms with van der Waals surface area (Å²) in [5, 5.41) is 3.19. The lowest BCUT2D eigenvalue weighted by atomic mass is 9.76. The number of rotatable bonds is 3. The summed E-state index contributed by atoms with van der Waals surface area (Å²) >= 11 is 0. The van der Waals surface area contributed by atoms with E-state index in [-0.39, 0.29) is 17.7 Å². The number of Topliss-reactive ketones (excluding diaryl/α,β-unsaturated/α-hetero) is 1. The van der Waals surface area contributed by atoms with Gasteiger partial charge in [0.15, 0.2) is 5.78 Å². The number of hydrogen-bond donors (Lipinski definition) is 1. The van der Waals surface area contributed by atoms with Gasteiger partial charge in [-0.1, -0.05) is 12.1 Å². The maximum atomic E-state index is 12.8. The van der Waals surface area contributed by atoms with Crippen LogP contribution in [-0.4, -0.2) is 61.5 Å². The molecule has 6 nitrogen and oxygen atoms in total. The summed E-state index contributed by atoms with van der Waals surface area (Å²) in [6.07, 6.45) is 3.63. The number of para-hydroxylation sites is 1. The van der Waals surface area contributed by atoms with Crippen molar-refractivity contribution >= 4 is 17.4 Å². The molecule has 168 valence electrons. The molecular weight excluding hydrogens is 402 g/mol. The Morgan fingerprint density at radius 1 is 1.00 bits per heavy atom. The minimum Gasteiger partial charge on any atom is -0.486 e. The van der Waals surface area contributed by atoms with Crippen LogP contribution in [0.1, 0.15) is 52.8 Å². The summed E-state index contributed by atoms with van der Waals surface area (Å²) in [5.41, 5.74) is 2.14. The molecule has 2 fully saturated rings. The van der Waals surface area contributed by atoms with Gasteiger partial charge in [0.25, 0.3) is 5.91 Å². The molecular formula is C26H31N3O3. The molecule has 0 unspecified atom stereocenters. The van der Waals surface area contributed by atoms with E-state index in [9.17, 15) is 9.59 Å². The van der Waals surface area contributed by atoms with E-state index in [0.29, 0.717) is 23.3 Å². The molecule has 2 aliphatic heterocycles. The highest BCUT2D eigenvalue weighted by atomic mass is 16.5. The zero-order valence-corrected chi connectivity index (χ0v) is 18.7. The van der Waals surface area contributed by atoms with E-state index in [2.05, 4.69) is 34.3 Å². The average Bonchev–Trinajstić information content (AvgIpc) is 2.81. The average molecular weight is 434 g/mol. The van der Waals surface area contributed by atoms with Crippen LogP contribution >= 0.6 is 0 Å². The van der Waals surface area contributed by atoms with E-state index < -0.39 is 5.60 Å². The number of fused-ring (bicyclic) bond motifs is 1. The fraction of sp³-hybridized carbons (Fsp3) is 0.462. The van der Waals surface area contributed by atoms with Crippen molar-refractivity contribution in [3.05, 3.63) is 59.7 Å². The Morgan fingerprint density at radius 2 is 1.69 bits per heavy atom. The summed E-state index contributed by atoms with van der Waals surface area (Å²) in [5.74, 6) is 0.836. The van der Waals surface area contributed by atoms with E-state index in [4.69, 9.17) is 4.74 Å². The maximum Gasteiger partial charge on any atom is 0.251 e. The Bertz CT molecular complexity index is 988. The number of ketones is 1. The molecule has 1 spiro atoms. The molecule has 1 saturated heterocycles. The third-order valence-corrected chi connectivity index (χ3v) is 7.23. The van der Waals surface area contributed by atoms with Gasteiger partial charge in [-0.05, 0) is 69.1 Å². The fourth-order valence-electron chi connectivity index (χ4n) is 5.17. The summed E-state index contributed by atoms with van der Waals surface area (Å²) < 4.78 is 6.30. The van der Waals surface area contributed by atoms with Crippen LogP contribution in [0.25, 0.3) is 0 Å². The minimum atomic E-state index is -0.420. The normalized spacial score (nSPS) is 25.8. The van der Waals surface area contributed by atoms with Gasteiger partial charge in [0.05, 0.1) is 12.0 Å². The number of amides is 1. The Balaban J connectivity index is 1.16. The van der Waals surface area contributed by atoms with E-state index in [1.54, 1.807) is 0 Å². The van der Waals surface area contributed by atoms with Crippen LogP contribution in [0.3, 0.4) is 0 Å². The summed E-state index contributed by atoms with van der Waals surface area (Å²) in [4.78, 5) is 30.1. The van der Waals surface area contributed by atoms with Crippen LogP contribution in [0.5, 0.6) is 5.75 Å². The topological polar surface area (TPSA) is 61.9 Å². The van der Waals surface area contributed by atoms with Gasteiger partial charge < -0.3 is 19.9 Å². The van der Waals surface area contributed by atoms with Gasteiger partial charge in [0.2, 0.25) is 0 Å². The first-order valence-electron chi connectivity index (χ1n) is 11.7. The van der Waals surface area contributed by atoms with Crippen LogP contribution in [0.2, 0.25) is 0 Å². The fourth-order valence-corrected chi connectivity index (χ4v) is 5.17. The van der Waals surface area contributed by atoms with Crippen molar-refractivity contribution in [3.8, 4) is 5.75 Å². The quantitative estimate of drug-likeness (QED) is 0.803. The Kier molecular flexibility index (Phi) is 5.64. The summed E-state index contributed by atoms with van der Waals surface area (Å²) in [6.45, 7) is 4.15. The highest BCUT2D eigenvalue weighted by molar-refractivity contribution is 6.00. The molecule has 0 aromatic heterocycles. The van der Waals surface area contributed by atoms with E-state index in [0.717, 1.165) is 51.9 Å². The number of nitrogens with zero attached hydrogens (tertiary/aromatic N) is 2. The van der Waals surface area contributed by atoms with Gasteiger partial charge >= 0.3 is 0 Å². The lowest BCUT2D eigenvalue weighted by Gasteiger charge is -2.42. The van der Waals surface area contributed by atoms with Crippen LogP contribution in [0.4, 0.5) is 5.69 Å². The molecule has 2 heterocycles. The number of ether oxygens (including phenoxy) is 1. The number of carbonyl (C=O) groups excluding carboxylic acids is 2. The largest absolute Gasteiger partial charge is 0.486 e. The van der Waals surface area contributed by atoms with Gasteiger partial charge in [-0.2, -0.15) is 0 Å². The van der Waals surface area contributed by atoms with Crippen molar-refractivity contribution in [3.63, 3.8) is 0 Å². The molecule has 0 bridgehead atoms. The number of piperazine rings is 1. The number of benzene rings is 2. The van der Waals surface area contributed by atoms with Crippen molar-refractivity contribution in [1.82, 2.24) is 10.2 Å². The van der Waals surface area contributed by atoms with Gasteiger partial charge in [-0.3, -0.25) is 9.59 Å². The molecule has 6 heteroatoms. The lowest BCUT2D eigenvalue weighted by molar-refractivity contribution is 0.00704. The Labute approximate surface area is 189 Å². The zero-order chi connectivity index (χ0) is 22.1. The monoisotopic (exact) mass is 433 g/mol. The van der Waals surface area contributed by atoms with Crippen molar-refractivity contribution in [2.45, 2.75) is 43.7 Å². The molecule has 5 rings (SSSR count). The molecule has 2 aromatic carbocycles. The highest BCUT2D eigenvalue weighted by Gasteiger charge is 2.43.